The van der Waals surface area contributed by atoms with Gasteiger partial charge in [0.2, 0.25) is 17.7 Å². The number of aliphatic carboxylic acids is 1. The molecule has 0 fully saturated rings. The highest BCUT2D eigenvalue weighted by molar-refractivity contribution is 5.94. The number of carboxylic acids is 1. The van der Waals surface area contributed by atoms with Crippen molar-refractivity contribution in [3.05, 3.63) is 0 Å². The van der Waals surface area contributed by atoms with E-state index in [1.807, 2.05) is 20.8 Å². The average Bonchev–Trinajstić information content (AvgIpc) is 2.61. The normalized spacial score (nSPS) is 17.4. The molecule has 168 valence electrons. The summed E-state index contributed by atoms with van der Waals surface area (Å²) >= 11 is 0. The first kappa shape index (κ1) is 26.8. The predicted molar refractivity (Wildman–Crippen MR) is 108 cm³/mol. The van der Waals surface area contributed by atoms with Gasteiger partial charge in [0, 0.05) is 0 Å². The Morgan fingerprint density at radius 2 is 1.38 bits per heavy atom. The van der Waals surface area contributed by atoms with Crippen molar-refractivity contribution in [2.75, 3.05) is 0 Å². The fraction of sp³-hybridized carbons (Fsp3) is 0.789. The third-order valence-corrected chi connectivity index (χ3v) is 4.59. The maximum absolute atomic E-state index is 12.7. The second-order valence-electron chi connectivity index (χ2n) is 7.92. The number of rotatable bonds is 12. The van der Waals surface area contributed by atoms with E-state index in [0.717, 1.165) is 0 Å². The molecule has 0 aromatic heterocycles. The van der Waals surface area contributed by atoms with Gasteiger partial charge in [0.15, 0.2) is 0 Å². The molecule has 0 aliphatic carbocycles. The summed E-state index contributed by atoms with van der Waals surface area (Å²) in [6, 6.07) is -4.31. The second kappa shape index (κ2) is 12.4. The first-order valence-electron chi connectivity index (χ1n) is 9.89. The molecule has 0 saturated carbocycles. The van der Waals surface area contributed by atoms with Crippen LogP contribution in [0.1, 0.15) is 54.4 Å². The smallest absolute Gasteiger partial charge is 0.326 e. The fourth-order valence-electron chi connectivity index (χ4n) is 2.59. The lowest BCUT2D eigenvalue weighted by Gasteiger charge is -2.28. The van der Waals surface area contributed by atoms with E-state index < -0.39 is 54.0 Å². The van der Waals surface area contributed by atoms with E-state index >= 15 is 0 Å². The van der Waals surface area contributed by atoms with Crippen LogP contribution in [0, 0.1) is 11.8 Å². The summed E-state index contributed by atoms with van der Waals surface area (Å²) in [5.41, 5.74) is 5.48. The van der Waals surface area contributed by atoms with Crippen molar-refractivity contribution in [3.63, 3.8) is 0 Å². The van der Waals surface area contributed by atoms with E-state index in [-0.39, 0.29) is 18.3 Å². The highest BCUT2D eigenvalue weighted by Crippen LogP contribution is 2.11. The minimum atomic E-state index is -1.30. The summed E-state index contributed by atoms with van der Waals surface area (Å²) in [5, 5.41) is 26.6. The van der Waals surface area contributed by atoms with Crippen LogP contribution in [0.25, 0.3) is 0 Å². The quantitative estimate of drug-likeness (QED) is 0.245. The molecule has 0 aromatic carbocycles. The van der Waals surface area contributed by atoms with Gasteiger partial charge < -0.3 is 31.9 Å². The first-order valence-corrected chi connectivity index (χ1v) is 9.89. The molecule has 0 aromatic rings. The minimum Gasteiger partial charge on any atom is -0.480 e. The Balaban J connectivity index is 5.43. The number of carboxylic acid groups (broad SMARTS) is 1. The Morgan fingerprint density at radius 3 is 1.76 bits per heavy atom. The number of carbonyl (C=O) groups is 4. The largest absolute Gasteiger partial charge is 0.480 e. The number of aliphatic hydroxyl groups excluding tert-OH is 1. The van der Waals surface area contributed by atoms with Crippen molar-refractivity contribution < 1.29 is 29.4 Å². The molecule has 3 amide bonds. The lowest BCUT2D eigenvalue weighted by Crippen LogP contribution is -2.60. The molecule has 0 aliphatic rings. The first-order chi connectivity index (χ1) is 13.3. The molecule has 10 heteroatoms. The molecule has 0 aliphatic heterocycles. The number of nitrogens with two attached hydrogens (primary N) is 1. The van der Waals surface area contributed by atoms with Gasteiger partial charge in [-0.1, -0.05) is 34.1 Å². The number of carbonyl (C=O) groups excluding carboxylic acids is 3. The molecule has 0 radical (unpaired) electrons. The van der Waals surface area contributed by atoms with Crippen LogP contribution in [-0.2, 0) is 19.2 Å². The van der Waals surface area contributed by atoms with Gasteiger partial charge in [0.05, 0.1) is 12.1 Å². The number of nitrogens with one attached hydrogen (secondary N) is 3. The zero-order chi connectivity index (χ0) is 22.9. The Morgan fingerprint density at radius 1 is 0.862 bits per heavy atom. The molecule has 6 atom stereocenters. The molecule has 0 bridgehead atoms. The van der Waals surface area contributed by atoms with Crippen molar-refractivity contribution in [3.8, 4) is 0 Å². The Bertz CT molecular complexity index is 579. The minimum absolute atomic E-state index is 0.0154. The van der Waals surface area contributed by atoms with Crippen LogP contribution in [0.15, 0.2) is 0 Å². The molecule has 0 heterocycles. The summed E-state index contributed by atoms with van der Waals surface area (Å²) in [5.74, 6) is -3.47. The molecule has 29 heavy (non-hydrogen) atoms. The summed E-state index contributed by atoms with van der Waals surface area (Å²) < 4.78 is 0. The van der Waals surface area contributed by atoms with E-state index in [1.54, 1.807) is 6.92 Å². The average molecular weight is 417 g/mol. The molecule has 0 saturated heterocycles. The summed E-state index contributed by atoms with van der Waals surface area (Å²) in [6.07, 6.45) is -0.434. The SMILES string of the molecule is CCC(C)C(NC(=O)C(CC(C)C)NC(=O)C(NC(=O)C(C)N)C(C)O)C(=O)O. The summed E-state index contributed by atoms with van der Waals surface area (Å²) in [4.78, 5) is 48.6. The van der Waals surface area contributed by atoms with Crippen LogP contribution in [0.3, 0.4) is 0 Å². The van der Waals surface area contributed by atoms with Crippen LogP contribution >= 0.6 is 0 Å². The Hall–Kier alpha value is -2.20. The number of amides is 3. The molecule has 6 unspecified atom stereocenters. The van der Waals surface area contributed by atoms with Crippen molar-refractivity contribution in [2.45, 2.75) is 84.7 Å². The molecular weight excluding hydrogens is 380 g/mol. The second-order valence-corrected chi connectivity index (χ2v) is 7.92. The van der Waals surface area contributed by atoms with Crippen LogP contribution in [0.5, 0.6) is 0 Å². The fourth-order valence-corrected chi connectivity index (χ4v) is 2.59. The van der Waals surface area contributed by atoms with Crippen LogP contribution < -0.4 is 21.7 Å². The number of aliphatic hydroxyl groups is 1. The lowest BCUT2D eigenvalue weighted by atomic mass is 9.97. The Kier molecular flexibility index (Phi) is 11.4. The summed E-state index contributed by atoms with van der Waals surface area (Å²) in [7, 11) is 0. The topological polar surface area (TPSA) is 171 Å². The predicted octanol–water partition coefficient (Wildman–Crippen LogP) is -0.654. The molecule has 7 N–H and O–H groups in total. The zero-order valence-electron chi connectivity index (χ0n) is 18.1. The van der Waals surface area contributed by atoms with E-state index in [4.69, 9.17) is 5.73 Å². The Labute approximate surface area is 172 Å². The third-order valence-electron chi connectivity index (χ3n) is 4.59. The lowest BCUT2D eigenvalue weighted by molar-refractivity contribution is -0.144. The van der Waals surface area contributed by atoms with Gasteiger partial charge in [0.1, 0.15) is 18.1 Å². The van der Waals surface area contributed by atoms with E-state index in [1.165, 1.54) is 13.8 Å². The summed E-state index contributed by atoms with van der Waals surface area (Å²) in [6.45, 7) is 9.98. The number of hydrogen-bond acceptors (Lipinski definition) is 6. The van der Waals surface area contributed by atoms with E-state index in [0.29, 0.717) is 6.42 Å². The zero-order valence-corrected chi connectivity index (χ0v) is 18.1. The van der Waals surface area contributed by atoms with Gasteiger partial charge >= 0.3 is 5.97 Å². The third kappa shape index (κ3) is 9.23. The van der Waals surface area contributed by atoms with E-state index in [9.17, 15) is 29.4 Å². The van der Waals surface area contributed by atoms with Gasteiger partial charge in [-0.25, -0.2) is 4.79 Å². The van der Waals surface area contributed by atoms with Crippen LogP contribution in [0.2, 0.25) is 0 Å². The van der Waals surface area contributed by atoms with Crippen molar-refractivity contribution in [2.24, 2.45) is 17.6 Å². The monoisotopic (exact) mass is 416 g/mol. The van der Waals surface area contributed by atoms with Gasteiger partial charge in [0.25, 0.3) is 0 Å². The van der Waals surface area contributed by atoms with Crippen molar-refractivity contribution in [1.29, 1.82) is 0 Å². The molecule has 0 spiro atoms. The molecular formula is C19H36N4O6. The van der Waals surface area contributed by atoms with Crippen LogP contribution in [0.4, 0.5) is 0 Å². The van der Waals surface area contributed by atoms with Gasteiger partial charge in [-0.2, -0.15) is 0 Å². The van der Waals surface area contributed by atoms with Crippen molar-refractivity contribution in [1.82, 2.24) is 16.0 Å². The standard InChI is InChI=1S/C19H36N4O6/c1-7-10(4)14(19(28)29)22-17(26)13(8-9(2)3)21-18(27)15(12(6)24)23-16(25)11(5)20/h9-15,24H,7-8,20H2,1-6H3,(H,21,27)(H,22,26)(H,23,25)(H,28,29). The van der Waals surface area contributed by atoms with Gasteiger partial charge in [-0.05, 0) is 32.1 Å². The molecule has 0 rings (SSSR count). The van der Waals surface area contributed by atoms with E-state index in [2.05, 4.69) is 16.0 Å². The number of hydrogen-bond donors (Lipinski definition) is 6. The highest BCUT2D eigenvalue weighted by Gasteiger charge is 2.33. The van der Waals surface area contributed by atoms with Crippen molar-refractivity contribution >= 4 is 23.7 Å². The highest BCUT2D eigenvalue weighted by atomic mass is 16.4. The maximum atomic E-state index is 12.7. The van der Waals surface area contributed by atoms with Gasteiger partial charge in [-0.15, -0.1) is 0 Å². The molecule has 10 nitrogen and oxygen atoms in total. The maximum Gasteiger partial charge on any atom is 0.326 e. The van der Waals surface area contributed by atoms with Crippen LogP contribution in [-0.4, -0.2) is 64.2 Å². The van der Waals surface area contributed by atoms with Gasteiger partial charge in [-0.3, -0.25) is 14.4 Å².